The number of piperidine rings is 1. The largest absolute Gasteiger partial charge is 0.417 e. The molecule has 2 amide bonds. The van der Waals surface area contributed by atoms with Crippen LogP contribution in [-0.2, 0) is 25.8 Å². The van der Waals surface area contributed by atoms with Gasteiger partial charge in [0, 0.05) is 31.1 Å². The summed E-state index contributed by atoms with van der Waals surface area (Å²) in [5.41, 5.74) is -1.65. The molecule has 1 fully saturated rings. The van der Waals surface area contributed by atoms with E-state index in [1.807, 2.05) is 20.8 Å². The number of alkyl halides is 3. The van der Waals surface area contributed by atoms with Crippen LogP contribution in [-0.4, -0.2) is 61.2 Å². The van der Waals surface area contributed by atoms with Gasteiger partial charge in [0.2, 0.25) is 21.8 Å². The van der Waals surface area contributed by atoms with E-state index in [4.69, 9.17) is 0 Å². The molecule has 0 spiro atoms. The average Bonchev–Trinajstić information content (AvgIpc) is 2.69. The zero-order valence-corrected chi connectivity index (χ0v) is 19.5. The van der Waals surface area contributed by atoms with Crippen molar-refractivity contribution in [1.82, 2.24) is 14.5 Å². The van der Waals surface area contributed by atoms with E-state index in [2.05, 4.69) is 5.32 Å². The zero-order valence-electron chi connectivity index (χ0n) is 18.7. The molecule has 1 aliphatic heterocycles. The minimum Gasteiger partial charge on any atom is -0.350 e. The molecule has 1 saturated heterocycles. The second kappa shape index (κ2) is 9.78. The highest BCUT2D eigenvalue weighted by atomic mass is 32.2. The van der Waals surface area contributed by atoms with Crippen molar-refractivity contribution in [3.05, 3.63) is 29.8 Å². The fourth-order valence-electron chi connectivity index (χ4n) is 3.64. The third-order valence-electron chi connectivity index (χ3n) is 5.16. The summed E-state index contributed by atoms with van der Waals surface area (Å²) in [4.78, 5) is 25.7. The Morgan fingerprint density at radius 3 is 2.19 bits per heavy atom. The van der Waals surface area contributed by atoms with Gasteiger partial charge in [-0.05, 0) is 52.7 Å². The van der Waals surface area contributed by atoms with E-state index < -0.39 is 38.1 Å². The molecule has 180 valence electrons. The minimum absolute atomic E-state index is 0.0727. The SMILES string of the molecule is CCN(CC(=O)NC(C)(C)C)C(=O)C1CCN(S(=O)(=O)c2ccccc2C(F)(F)F)CC1. The third kappa shape index (κ3) is 6.44. The standard InChI is InChI=1S/C21H30F3N3O4S/c1-5-26(14-18(28)25-20(2,3)4)19(29)15-10-12-27(13-11-15)32(30,31)17-9-7-6-8-16(17)21(22,23)24/h6-9,15H,5,10-14H2,1-4H3,(H,25,28). The first-order valence-corrected chi connectivity index (χ1v) is 11.9. The monoisotopic (exact) mass is 477 g/mol. The van der Waals surface area contributed by atoms with Crippen LogP contribution in [0.1, 0.15) is 46.1 Å². The van der Waals surface area contributed by atoms with Crippen LogP contribution in [0.2, 0.25) is 0 Å². The van der Waals surface area contributed by atoms with Crippen molar-refractivity contribution in [2.45, 2.75) is 57.1 Å². The first kappa shape index (κ1) is 26.1. The van der Waals surface area contributed by atoms with Gasteiger partial charge in [0.05, 0.1) is 17.0 Å². The lowest BCUT2D eigenvalue weighted by atomic mass is 9.96. The lowest BCUT2D eigenvalue weighted by Gasteiger charge is -2.34. The Bertz CT molecular complexity index is 934. The summed E-state index contributed by atoms with van der Waals surface area (Å²) in [5.74, 6) is -1.05. The van der Waals surface area contributed by atoms with Gasteiger partial charge >= 0.3 is 6.18 Å². The smallest absolute Gasteiger partial charge is 0.350 e. The van der Waals surface area contributed by atoms with Gasteiger partial charge in [0.25, 0.3) is 0 Å². The number of halogens is 3. The van der Waals surface area contributed by atoms with Crippen LogP contribution >= 0.6 is 0 Å². The molecule has 1 aromatic carbocycles. The molecule has 1 N–H and O–H groups in total. The number of hydrogen-bond acceptors (Lipinski definition) is 4. The van der Waals surface area contributed by atoms with Gasteiger partial charge in [-0.1, -0.05) is 12.1 Å². The molecule has 0 unspecified atom stereocenters. The molecule has 0 aliphatic carbocycles. The molecule has 1 heterocycles. The van der Waals surface area contributed by atoms with E-state index in [0.717, 1.165) is 22.5 Å². The highest BCUT2D eigenvalue weighted by Crippen LogP contribution is 2.36. The van der Waals surface area contributed by atoms with Gasteiger partial charge in [-0.3, -0.25) is 9.59 Å². The van der Waals surface area contributed by atoms with Crippen molar-refractivity contribution in [3.8, 4) is 0 Å². The normalized spacial score (nSPS) is 16.6. The second-order valence-corrected chi connectivity index (χ2v) is 10.7. The number of sulfonamides is 1. The molecule has 0 radical (unpaired) electrons. The average molecular weight is 478 g/mol. The van der Waals surface area contributed by atoms with Gasteiger partial charge in [0.1, 0.15) is 0 Å². The molecular formula is C21H30F3N3O4S. The zero-order chi connectivity index (χ0) is 24.3. The molecule has 11 heteroatoms. The first-order valence-electron chi connectivity index (χ1n) is 10.4. The highest BCUT2D eigenvalue weighted by molar-refractivity contribution is 7.89. The highest BCUT2D eigenvalue weighted by Gasteiger charge is 2.40. The summed E-state index contributed by atoms with van der Waals surface area (Å²) in [6.07, 6.45) is -4.46. The minimum atomic E-state index is -4.80. The van der Waals surface area contributed by atoms with Crippen molar-refractivity contribution >= 4 is 21.8 Å². The van der Waals surface area contributed by atoms with E-state index in [0.29, 0.717) is 6.54 Å². The van der Waals surface area contributed by atoms with E-state index in [1.165, 1.54) is 11.0 Å². The van der Waals surface area contributed by atoms with E-state index in [1.54, 1.807) is 6.92 Å². The van der Waals surface area contributed by atoms with Crippen LogP contribution in [0, 0.1) is 5.92 Å². The van der Waals surface area contributed by atoms with Gasteiger partial charge in [-0.15, -0.1) is 0 Å². The second-order valence-electron chi connectivity index (χ2n) is 8.82. The third-order valence-corrected chi connectivity index (χ3v) is 7.11. The van der Waals surface area contributed by atoms with E-state index >= 15 is 0 Å². The number of carbonyl (C=O) groups is 2. The number of benzene rings is 1. The molecule has 1 aromatic rings. The molecule has 0 bridgehead atoms. The maximum Gasteiger partial charge on any atom is 0.417 e. The summed E-state index contributed by atoms with van der Waals surface area (Å²) < 4.78 is 66.6. The molecule has 0 saturated carbocycles. The molecule has 0 atom stereocenters. The molecular weight excluding hydrogens is 447 g/mol. The van der Waals surface area contributed by atoms with Crippen LogP contribution in [0.3, 0.4) is 0 Å². The summed E-state index contributed by atoms with van der Waals surface area (Å²) in [7, 11) is -4.37. The Kier molecular flexibility index (Phi) is 7.98. The maximum absolute atomic E-state index is 13.3. The molecule has 1 aliphatic rings. The van der Waals surface area contributed by atoms with Crippen molar-refractivity contribution in [2.75, 3.05) is 26.2 Å². The summed E-state index contributed by atoms with van der Waals surface area (Å²) in [6, 6.07) is 4.08. The molecule has 2 rings (SSSR count). The number of hydrogen-bond donors (Lipinski definition) is 1. The Labute approximate surface area is 187 Å². The van der Waals surface area contributed by atoms with E-state index in [-0.39, 0.29) is 44.3 Å². The number of carbonyl (C=O) groups excluding carboxylic acids is 2. The van der Waals surface area contributed by atoms with Crippen molar-refractivity contribution in [1.29, 1.82) is 0 Å². The molecule has 7 nitrogen and oxygen atoms in total. The summed E-state index contributed by atoms with van der Waals surface area (Å²) in [6.45, 7) is 7.30. The predicted octanol–water partition coefficient (Wildman–Crippen LogP) is 2.87. The number of rotatable bonds is 6. The molecule has 0 aromatic heterocycles. The van der Waals surface area contributed by atoms with Crippen molar-refractivity contribution < 1.29 is 31.2 Å². The van der Waals surface area contributed by atoms with Gasteiger partial charge in [-0.2, -0.15) is 17.5 Å². The van der Waals surface area contributed by atoms with Crippen LogP contribution in [0.5, 0.6) is 0 Å². The van der Waals surface area contributed by atoms with E-state index in [9.17, 15) is 31.2 Å². The van der Waals surface area contributed by atoms with Crippen LogP contribution < -0.4 is 5.32 Å². The number of nitrogens with one attached hydrogen (secondary N) is 1. The van der Waals surface area contributed by atoms with Crippen molar-refractivity contribution in [3.63, 3.8) is 0 Å². The number of nitrogens with zero attached hydrogens (tertiary/aromatic N) is 2. The number of likely N-dealkylation sites (N-methyl/N-ethyl adjacent to an activating group) is 1. The van der Waals surface area contributed by atoms with Gasteiger partial charge in [-0.25, -0.2) is 8.42 Å². The Hall–Kier alpha value is -2.14. The predicted molar refractivity (Wildman–Crippen MR) is 113 cm³/mol. The fraction of sp³-hybridized carbons (Fsp3) is 0.619. The van der Waals surface area contributed by atoms with Crippen LogP contribution in [0.15, 0.2) is 29.2 Å². The lowest BCUT2D eigenvalue weighted by molar-refractivity contribution is -0.140. The Balaban J connectivity index is 2.08. The lowest BCUT2D eigenvalue weighted by Crippen LogP contribution is -2.49. The van der Waals surface area contributed by atoms with Gasteiger partial charge < -0.3 is 10.2 Å². The summed E-state index contributed by atoms with van der Waals surface area (Å²) >= 11 is 0. The first-order chi connectivity index (χ1) is 14.7. The maximum atomic E-state index is 13.3. The summed E-state index contributed by atoms with van der Waals surface area (Å²) in [5, 5.41) is 2.79. The van der Waals surface area contributed by atoms with Gasteiger partial charge in [0.15, 0.2) is 0 Å². The van der Waals surface area contributed by atoms with Crippen LogP contribution in [0.4, 0.5) is 13.2 Å². The fourth-order valence-corrected chi connectivity index (χ4v) is 5.32. The quantitative estimate of drug-likeness (QED) is 0.683. The topological polar surface area (TPSA) is 86.8 Å². The molecule has 32 heavy (non-hydrogen) atoms. The van der Waals surface area contributed by atoms with Crippen molar-refractivity contribution in [2.24, 2.45) is 5.92 Å². The number of amides is 2. The Morgan fingerprint density at radius 1 is 1.12 bits per heavy atom. The van der Waals surface area contributed by atoms with Crippen LogP contribution in [0.25, 0.3) is 0 Å². The Morgan fingerprint density at radius 2 is 1.69 bits per heavy atom.